The van der Waals surface area contributed by atoms with Crippen LogP contribution in [0.15, 0.2) is 40.8 Å². The summed E-state index contributed by atoms with van der Waals surface area (Å²) < 4.78 is 5.77. The van der Waals surface area contributed by atoms with E-state index in [2.05, 4.69) is 12.2 Å². The van der Waals surface area contributed by atoms with E-state index in [1.807, 2.05) is 12.1 Å². The van der Waals surface area contributed by atoms with E-state index in [0.717, 1.165) is 11.5 Å². The topological polar surface area (TPSA) is 62.5 Å². The Morgan fingerprint density at radius 1 is 1.33 bits per heavy atom. The molecule has 0 aliphatic heterocycles. The van der Waals surface area contributed by atoms with Crippen molar-refractivity contribution in [3.05, 3.63) is 47.9 Å². The summed E-state index contributed by atoms with van der Waals surface area (Å²) >= 11 is 0. The minimum Gasteiger partial charge on any atom is -0.506 e. The molecule has 2 aromatic rings. The van der Waals surface area contributed by atoms with Gasteiger partial charge in [-0.1, -0.05) is 19.1 Å². The van der Waals surface area contributed by atoms with Gasteiger partial charge in [-0.15, -0.1) is 0 Å². The van der Waals surface area contributed by atoms with Gasteiger partial charge in [-0.05, 0) is 36.6 Å². The van der Waals surface area contributed by atoms with Gasteiger partial charge < -0.3 is 14.8 Å². The van der Waals surface area contributed by atoms with E-state index < -0.39 is 0 Å². The molecule has 2 N–H and O–H groups in total. The van der Waals surface area contributed by atoms with Gasteiger partial charge in [-0.25, -0.2) is 0 Å². The maximum absolute atomic E-state index is 11.9. The number of hydrogen-bond donors (Lipinski definition) is 2. The summed E-state index contributed by atoms with van der Waals surface area (Å²) in [5, 5.41) is 12.3. The Morgan fingerprint density at radius 3 is 2.81 bits per heavy atom. The number of para-hydroxylation sites is 2. The van der Waals surface area contributed by atoms with Gasteiger partial charge >= 0.3 is 0 Å². The lowest BCUT2D eigenvalue weighted by Gasteiger charge is -2.06. The lowest BCUT2D eigenvalue weighted by atomic mass is 10.2. The van der Waals surface area contributed by atoms with Crippen molar-refractivity contribution in [3.8, 4) is 5.75 Å². The molecule has 4 nitrogen and oxygen atoms in total. The number of nitrogens with one attached hydrogen (secondary N) is 1. The lowest BCUT2D eigenvalue weighted by molar-refractivity contribution is -0.116. The molecule has 1 aliphatic rings. The Morgan fingerprint density at radius 2 is 2.10 bits per heavy atom. The molecule has 3 rings (SSSR count). The molecule has 21 heavy (non-hydrogen) atoms. The molecule has 1 amide bonds. The average Bonchev–Trinajstić information content (AvgIpc) is 3.01. The molecule has 1 aromatic carbocycles. The number of phenolic OH excluding ortho intramolecular Hbond substituents is 1. The first-order valence-electron chi connectivity index (χ1n) is 7.30. The summed E-state index contributed by atoms with van der Waals surface area (Å²) in [5.41, 5.74) is 0.439. The third-order valence-electron chi connectivity index (χ3n) is 3.93. The van der Waals surface area contributed by atoms with E-state index in [1.165, 1.54) is 6.42 Å². The molecule has 1 fully saturated rings. The molecular formula is C17H19NO3. The van der Waals surface area contributed by atoms with Crippen LogP contribution in [-0.4, -0.2) is 11.0 Å². The second kappa shape index (κ2) is 5.64. The van der Waals surface area contributed by atoms with Gasteiger partial charge in [0.2, 0.25) is 5.91 Å². The molecule has 1 heterocycles. The van der Waals surface area contributed by atoms with Crippen LogP contribution in [0.2, 0.25) is 0 Å². The number of aryl methyl sites for hydroxylation is 1. The standard InChI is InChI=1S/C17H19NO3/c1-11-10-13(11)16-8-6-12(21-16)7-9-17(20)18-14-4-2-3-5-15(14)19/h2-6,8,11,13,19H,7,9-10H2,1H3,(H,18,20)/t11-,13-/m1/s1. The smallest absolute Gasteiger partial charge is 0.224 e. The molecule has 1 saturated carbocycles. The fourth-order valence-electron chi connectivity index (χ4n) is 2.48. The molecule has 4 heteroatoms. The Kier molecular flexibility index (Phi) is 3.69. The second-order valence-electron chi connectivity index (χ2n) is 5.69. The summed E-state index contributed by atoms with van der Waals surface area (Å²) in [6, 6.07) is 10.7. The quantitative estimate of drug-likeness (QED) is 0.824. The van der Waals surface area contributed by atoms with Gasteiger partial charge in [0.1, 0.15) is 17.3 Å². The van der Waals surface area contributed by atoms with Crippen molar-refractivity contribution in [2.24, 2.45) is 5.92 Å². The third-order valence-corrected chi connectivity index (χ3v) is 3.93. The van der Waals surface area contributed by atoms with E-state index in [0.29, 0.717) is 30.4 Å². The van der Waals surface area contributed by atoms with E-state index in [4.69, 9.17) is 4.42 Å². The van der Waals surface area contributed by atoms with Crippen molar-refractivity contribution < 1.29 is 14.3 Å². The molecule has 1 aliphatic carbocycles. The van der Waals surface area contributed by atoms with Gasteiger partial charge in [0.25, 0.3) is 0 Å². The number of anilines is 1. The van der Waals surface area contributed by atoms with Crippen molar-refractivity contribution in [1.82, 2.24) is 0 Å². The van der Waals surface area contributed by atoms with Crippen LogP contribution in [0.1, 0.15) is 37.2 Å². The minimum absolute atomic E-state index is 0.0776. The molecule has 0 spiro atoms. The molecule has 110 valence electrons. The number of benzene rings is 1. The van der Waals surface area contributed by atoms with Crippen molar-refractivity contribution >= 4 is 11.6 Å². The van der Waals surface area contributed by atoms with Crippen LogP contribution in [0.5, 0.6) is 5.75 Å². The fraction of sp³-hybridized carbons (Fsp3) is 0.353. The van der Waals surface area contributed by atoms with Gasteiger partial charge in [-0.3, -0.25) is 4.79 Å². The molecule has 0 radical (unpaired) electrons. The Balaban J connectivity index is 1.52. The normalized spacial score (nSPS) is 20.2. The molecule has 1 aromatic heterocycles. The predicted molar refractivity (Wildman–Crippen MR) is 80.3 cm³/mol. The van der Waals surface area contributed by atoms with Crippen LogP contribution in [0.4, 0.5) is 5.69 Å². The highest BCUT2D eigenvalue weighted by Crippen LogP contribution is 2.47. The monoisotopic (exact) mass is 285 g/mol. The highest BCUT2D eigenvalue weighted by atomic mass is 16.3. The van der Waals surface area contributed by atoms with Gasteiger partial charge in [0, 0.05) is 18.8 Å². The number of carbonyl (C=O) groups is 1. The van der Waals surface area contributed by atoms with Crippen molar-refractivity contribution in [2.45, 2.75) is 32.1 Å². The lowest BCUT2D eigenvalue weighted by Crippen LogP contribution is -2.12. The summed E-state index contributed by atoms with van der Waals surface area (Å²) in [4.78, 5) is 11.9. The van der Waals surface area contributed by atoms with Crippen LogP contribution in [0.25, 0.3) is 0 Å². The van der Waals surface area contributed by atoms with Gasteiger partial charge in [-0.2, -0.15) is 0 Å². The van der Waals surface area contributed by atoms with E-state index in [9.17, 15) is 9.90 Å². The molecule has 2 atom stereocenters. The second-order valence-corrected chi connectivity index (χ2v) is 5.69. The Bertz CT molecular complexity index is 647. The largest absolute Gasteiger partial charge is 0.506 e. The molecule has 0 bridgehead atoms. The molecule has 0 saturated heterocycles. The first-order valence-corrected chi connectivity index (χ1v) is 7.30. The Labute approximate surface area is 123 Å². The van der Waals surface area contributed by atoms with Crippen LogP contribution in [0, 0.1) is 5.92 Å². The number of carbonyl (C=O) groups excluding carboxylic acids is 1. The highest BCUT2D eigenvalue weighted by Gasteiger charge is 2.36. The first kappa shape index (κ1) is 13.7. The van der Waals surface area contributed by atoms with E-state index in [1.54, 1.807) is 24.3 Å². The summed E-state index contributed by atoms with van der Waals surface area (Å²) in [6.45, 7) is 2.21. The maximum atomic E-state index is 11.9. The van der Waals surface area contributed by atoms with Crippen molar-refractivity contribution in [3.63, 3.8) is 0 Å². The average molecular weight is 285 g/mol. The Hall–Kier alpha value is -2.23. The zero-order valence-electron chi connectivity index (χ0n) is 12.0. The van der Waals surface area contributed by atoms with Gasteiger partial charge in [0.15, 0.2) is 0 Å². The van der Waals surface area contributed by atoms with Crippen LogP contribution >= 0.6 is 0 Å². The van der Waals surface area contributed by atoms with E-state index >= 15 is 0 Å². The highest BCUT2D eigenvalue weighted by molar-refractivity contribution is 5.92. The maximum Gasteiger partial charge on any atom is 0.224 e. The summed E-state index contributed by atoms with van der Waals surface area (Å²) in [5.74, 6) is 3.11. The van der Waals surface area contributed by atoms with Crippen LogP contribution in [-0.2, 0) is 11.2 Å². The zero-order chi connectivity index (χ0) is 14.8. The molecule has 0 unspecified atom stereocenters. The van der Waals surface area contributed by atoms with E-state index in [-0.39, 0.29) is 11.7 Å². The van der Waals surface area contributed by atoms with Crippen LogP contribution < -0.4 is 5.32 Å². The van der Waals surface area contributed by atoms with Crippen LogP contribution in [0.3, 0.4) is 0 Å². The predicted octanol–water partition coefficient (Wildman–Crippen LogP) is 3.68. The minimum atomic E-state index is -0.130. The van der Waals surface area contributed by atoms with Gasteiger partial charge in [0.05, 0.1) is 5.69 Å². The molecular weight excluding hydrogens is 266 g/mol. The number of amides is 1. The first-order chi connectivity index (χ1) is 10.1. The number of furan rings is 1. The van der Waals surface area contributed by atoms with Crippen molar-refractivity contribution in [1.29, 1.82) is 0 Å². The fourth-order valence-corrected chi connectivity index (χ4v) is 2.48. The number of aromatic hydroxyl groups is 1. The number of hydrogen-bond acceptors (Lipinski definition) is 3. The number of phenols is 1. The summed E-state index contributed by atoms with van der Waals surface area (Å²) in [7, 11) is 0. The third kappa shape index (κ3) is 3.27. The van der Waals surface area contributed by atoms with Crippen molar-refractivity contribution in [2.75, 3.05) is 5.32 Å². The summed E-state index contributed by atoms with van der Waals surface area (Å²) in [6.07, 6.45) is 2.10. The zero-order valence-corrected chi connectivity index (χ0v) is 12.0. The SMILES string of the molecule is C[C@@H]1C[C@H]1c1ccc(CCC(=O)Nc2ccccc2O)o1. The number of rotatable bonds is 5.